The predicted octanol–water partition coefficient (Wildman–Crippen LogP) is 2.95. The lowest BCUT2D eigenvalue weighted by molar-refractivity contribution is -0.137. The van der Waals surface area contributed by atoms with Gasteiger partial charge in [-0.05, 0) is 36.4 Å². The van der Waals surface area contributed by atoms with Crippen LogP contribution in [-0.2, 0) is 9.53 Å². The van der Waals surface area contributed by atoms with E-state index in [9.17, 15) is 9.59 Å². The van der Waals surface area contributed by atoms with Gasteiger partial charge in [0.05, 0.1) is 6.54 Å². The molecule has 2 amide bonds. The molecule has 2 saturated heterocycles. The molecule has 5 rings (SSSR count). The highest BCUT2D eigenvalue weighted by Crippen LogP contribution is 2.62. The zero-order valence-corrected chi connectivity index (χ0v) is 18.0. The van der Waals surface area contributed by atoms with Gasteiger partial charge >= 0.3 is 6.09 Å². The summed E-state index contributed by atoms with van der Waals surface area (Å²) in [7, 11) is -2.32. The van der Waals surface area contributed by atoms with Crippen LogP contribution < -0.4 is 15.9 Å². The summed E-state index contributed by atoms with van der Waals surface area (Å²) >= 11 is 0. The summed E-state index contributed by atoms with van der Waals surface area (Å²) in [4.78, 5) is 26.1. The van der Waals surface area contributed by atoms with E-state index in [0.717, 1.165) is 0 Å². The van der Waals surface area contributed by atoms with Gasteiger partial charge in [0.1, 0.15) is 29.8 Å². The first kappa shape index (κ1) is 19.8. The Kier molecular flexibility index (Phi) is 5.21. The van der Waals surface area contributed by atoms with Crippen LogP contribution >= 0.6 is 7.26 Å². The highest BCUT2D eigenvalue weighted by Gasteiger charge is 2.59. The van der Waals surface area contributed by atoms with E-state index in [1.54, 1.807) is 5.01 Å². The van der Waals surface area contributed by atoms with E-state index >= 15 is 0 Å². The van der Waals surface area contributed by atoms with Crippen molar-refractivity contribution in [1.82, 2.24) is 10.0 Å². The summed E-state index contributed by atoms with van der Waals surface area (Å²) < 4.78 is 5.10. The highest BCUT2D eigenvalue weighted by atomic mass is 31.2. The molecule has 0 aromatic heterocycles. The maximum absolute atomic E-state index is 13.9. The van der Waals surface area contributed by atoms with Crippen LogP contribution in [0.4, 0.5) is 4.79 Å². The fourth-order valence-corrected chi connectivity index (χ4v) is 9.70. The SMILES string of the molecule is O=C1OCCN1N1CC[C@@H]([P+](c2ccccc2)(c2ccccc2)c2ccccc2)C1=O. The Labute approximate surface area is 182 Å². The van der Waals surface area contributed by atoms with Crippen molar-refractivity contribution in [3.8, 4) is 0 Å². The molecule has 5 nitrogen and oxygen atoms in total. The van der Waals surface area contributed by atoms with Gasteiger partial charge in [-0.15, -0.1) is 0 Å². The number of hydrogen-bond donors (Lipinski definition) is 0. The van der Waals surface area contributed by atoms with Gasteiger partial charge in [-0.1, -0.05) is 54.6 Å². The molecule has 0 radical (unpaired) electrons. The molecule has 2 fully saturated rings. The third-order valence-corrected chi connectivity index (χ3v) is 10.9. The van der Waals surface area contributed by atoms with Crippen molar-refractivity contribution >= 4 is 35.2 Å². The van der Waals surface area contributed by atoms with Gasteiger partial charge in [0.25, 0.3) is 5.91 Å². The number of benzene rings is 3. The summed E-state index contributed by atoms with van der Waals surface area (Å²) in [5.41, 5.74) is -0.242. The van der Waals surface area contributed by atoms with Crippen LogP contribution in [-0.4, -0.2) is 47.4 Å². The summed E-state index contributed by atoms with van der Waals surface area (Å²) in [6, 6.07) is 31.2. The minimum atomic E-state index is -2.32. The number of carbonyl (C=O) groups excluding carboxylic acids is 2. The molecule has 2 aliphatic rings. The van der Waals surface area contributed by atoms with Crippen molar-refractivity contribution in [2.24, 2.45) is 0 Å². The standard InChI is InChI=1S/C25H24N2O3P/c28-24-23(16-17-26(24)27-18-19-30-25(27)29)31(20-10-4-1-5-11-20,21-12-6-2-7-13-21)22-14-8-3-9-15-22/h1-15,23H,16-19H2/q+1/t23-/m1/s1. The van der Waals surface area contributed by atoms with E-state index in [1.165, 1.54) is 20.9 Å². The molecule has 1 atom stereocenters. The van der Waals surface area contributed by atoms with Gasteiger partial charge in [-0.25, -0.2) is 14.8 Å². The second-order valence-corrected chi connectivity index (χ2v) is 11.4. The van der Waals surface area contributed by atoms with Crippen molar-refractivity contribution in [3.05, 3.63) is 91.0 Å². The molecule has 0 bridgehead atoms. The molecule has 31 heavy (non-hydrogen) atoms. The molecule has 6 heteroatoms. The number of hydrogen-bond acceptors (Lipinski definition) is 3. The Bertz CT molecular complexity index is 979. The Morgan fingerprint density at radius 3 is 1.58 bits per heavy atom. The second-order valence-electron chi connectivity index (χ2n) is 7.73. The van der Waals surface area contributed by atoms with Crippen LogP contribution in [0, 0.1) is 0 Å². The summed E-state index contributed by atoms with van der Waals surface area (Å²) in [5.74, 6) is 0.00347. The van der Waals surface area contributed by atoms with E-state index in [1.807, 2.05) is 54.6 Å². The normalized spacial score (nSPS) is 19.0. The average Bonchev–Trinajstić information content (AvgIpc) is 3.42. The molecule has 156 valence electrons. The number of ether oxygens (including phenoxy) is 1. The van der Waals surface area contributed by atoms with Crippen LogP contribution in [0.15, 0.2) is 91.0 Å². The molecule has 0 N–H and O–H groups in total. The molecule has 0 unspecified atom stereocenters. The number of hydrazine groups is 1. The molecule has 0 spiro atoms. The smallest absolute Gasteiger partial charge is 0.429 e. The van der Waals surface area contributed by atoms with Gasteiger partial charge in [0, 0.05) is 13.0 Å². The fraction of sp³-hybridized carbons (Fsp3) is 0.200. The van der Waals surface area contributed by atoms with Gasteiger partial charge in [0.15, 0.2) is 5.66 Å². The second kappa shape index (κ2) is 8.16. The van der Waals surface area contributed by atoms with Crippen LogP contribution in [0.3, 0.4) is 0 Å². The van der Waals surface area contributed by atoms with Gasteiger partial charge in [-0.3, -0.25) is 4.79 Å². The first-order valence-electron chi connectivity index (χ1n) is 10.5. The first-order chi connectivity index (χ1) is 15.2. The quantitative estimate of drug-likeness (QED) is 0.584. The first-order valence-corrected chi connectivity index (χ1v) is 12.4. The van der Waals surface area contributed by atoms with E-state index in [0.29, 0.717) is 26.1 Å². The number of nitrogens with zero attached hydrogens (tertiary/aromatic N) is 2. The van der Waals surface area contributed by atoms with Crippen LogP contribution in [0.25, 0.3) is 0 Å². The van der Waals surface area contributed by atoms with E-state index in [-0.39, 0.29) is 11.6 Å². The Morgan fingerprint density at radius 1 is 0.677 bits per heavy atom. The lowest BCUT2D eigenvalue weighted by Gasteiger charge is -2.32. The number of carbonyl (C=O) groups is 2. The van der Waals surface area contributed by atoms with Gasteiger partial charge < -0.3 is 4.74 Å². The molecule has 2 heterocycles. The zero-order chi connectivity index (χ0) is 21.3. The largest absolute Gasteiger partial charge is 0.446 e. The monoisotopic (exact) mass is 431 g/mol. The number of amides is 2. The molecule has 3 aromatic carbocycles. The third-order valence-electron chi connectivity index (χ3n) is 6.14. The lowest BCUT2D eigenvalue weighted by atomic mass is 10.3. The lowest BCUT2D eigenvalue weighted by Crippen LogP contribution is -2.48. The fourth-order valence-electron chi connectivity index (χ4n) is 4.83. The van der Waals surface area contributed by atoms with E-state index in [4.69, 9.17) is 4.74 Å². The minimum absolute atomic E-state index is 0.00347. The summed E-state index contributed by atoms with van der Waals surface area (Å²) in [6.45, 7) is 1.27. The minimum Gasteiger partial charge on any atom is -0.446 e. The molecule has 3 aromatic rings. The third kappa shape index (κ3) is 3.21. The number of cyclic esters (lactones) is 1. The Hall–Kier alpha value is -3.17. The van der Waals surface area contributed by atoms with Crippen molar-refractivity contribution in [3.63, 3.8) is 0 Å². The summed E-state index contributed by atoms with van der Waals surface area (Å²) in [6.07, 6.45) is 0.256. The Morgan fingerprint density at radius 2 is 1.16 bits per heavy atom. The van der Waals surface area contributed by atoms with Crippen LogP contribution in [0.5, 0.6) is 0 Å². The van der Waals surface area contributed by atoms with Crippen LogP contribution in [0.2, 0.25) is 0 Å². The van der Waals surface area contributed by atoms with Gasteiger partial charge in [-0.2, -0.15) is 0 Å². The summed E-state index contributed by atoms with van der Waals surface area (Å²) in [5, 5.41) is 6.62. The van der Waals surface area contributed by atoms with Crippen molar-refractivity contribution in [1.29, 1.82) is 0 Å². The number of rotatable bonds is 5. The van der Waals surface area contributed by atoms with Gasteiger partial charge in [0.2, 0.25) is 0 Å². The van der Waals surface area contributed by atoms with E-state index < -0.39 is 13.4 Å². The van der Waals surface area contributed by atoms with Crippen LogP contribution in [0.1, 0.15) is 6.42 Å². The molecule has 2 aliphatic heterocycles. The molecule has 0 aliphatic carbocycles. The highest BCUT2D eigenvalue weighted by molar-refractivity contribution is 7.96. The zero-order valence-electron chi connectivity index (χ0n) is 17.1. The topological polar surface area (TPSA) is 49.9 Å². The predicted molar refractivity (Wildman–Crippen MR) is 123 cm³/mol. The van der Waals surface area contributed by atoms with Crippen molar-refractivity contribution in [2.45, 2.75) is 12.1 Å². The Balaban J connectivity index is 1.71. The molecular weight excluding hydrogens is 407 g/mol. The van der Waals surface area contributed by atoms with Crippen molar-refractivity contribution < 1.29 is 14.3 Å². The molecular formula is C25H24N2O3P+. The maximum Gasteiger partial charge on any atom is 0.429 e. The van der Waals surface area contributed by atoms with Crippen molar-refractivity contribution in [2.75, 3.05) is 19.7 Å². The maximum atomic E-state index is 13.9. The van der Waals surface area contributed by atoms with E-state index in [2.05, 4.69) is 36.4 Å². The average molecular weight is 431 g/mol. The molecule has 0 saturated carbocycles.